The number of rotatable bonds is 6. The van der Waals surface area contributed by atoms with E-state index in [1.165, 1.54) is 28.6 Å². The Morgan fingerprint density at radius 3 is 2.44 bits per heavy atom. The standard InChI is InChI=1S/C23H21N3O4S2/c24-16-18-6-8-22(9-7-18)32(28,29)26-12-10-25(11-13-26)23(27)19-3-1-4-20(15-19)30-17-21-5-2-14-31-21/h1-9,14-15H,10-13,17H2. The SMILES string of the molecule is N#Cc1ccc(S(=O)(=O)N2CCN(C(=O)c3cccc(OCc4cccs4)c3)CC2)cc1. The number of benzene rings is 2. The highest BCUT2D eigenvalue weighted by molar-refractivity contribution is 7.89. The summed E-state index contributed by atoms with van der Waals surface area (Å²) in [5.41, 5.74) is 0.915. The van der Waals surface area contributed by atoms with E-state index in [2.05, 4.69) is 0 Å². The van der Waals surface area contributed by atoms with Crippen molar-refractivity contribution < 1.29 is 17.9 Å². The molecule has 0 N–H and O–H groups in total. The first kappa shape index (κ1) is 22.0. The van der Waals surface area contributed by atoms with Crippen molar-refractivity contribution in [3.63, 3.8) is 0 Å². The summed E-state index contributed by atoms with van der Waals surface area (Å²) >= 11 is 1.61. The minimum Gasteiger partial charge on any atom is -0.488 e. The van der Waals surface area contributed by atoms with Gasteiger partial charge in [-0.1, -0.05) is 12.1 Å². The summed E-state index contributed by atoms with van der Waals surface area (Å²) in [6.07, 6.45) is 0. The van der Waals surface area contributed by atoms with Gasteiger partial charge in [-0.05, 0) is 53.9 Å². The number of nitrogens with zero attached hydrogens (tertiary/aromatic N) is 3. The fraction of sp³-hybridized carbons (Fsp3) is 0.217. The van der Waals surface area contributed by atoms with Crippen LogP contribution in [0.5, 0.6) is 5.75 Å². The second-order valence-electron chi connectivity index (χ2n) is 7.23. The fourth-order valence-corrected chi connectivity index (χ4v) is 5.47. The molecule has 0 unspecified atom stereocenters. The highest BCUT2D eigenvalue weighted by atomic mass is 32.2. The predicted molar refractivity (Wildman–Crippen MR) is 121 cm³/mol. The van der Waals surface area contributed by atoms with E-state index in [4.69, 9.17) is 10.00 Å². The van der Waals surface area contributed by atoms with Gasteiger partial charge >= 0.3 is 0 Å². The van der Waals surface area contributed by atoms with Gasteiger partial charge in [-0.15, -0.1) is 11.3 Å². The molecule has 9 heteroatoms. The van der Waals surface area contributed by atoms with Crippen molar-refractivity contribution in [1.82, 2.24) is 9.21 Å². The van der Waals surface area contributed by atoms with Gasteiger partial charge in [-0.3, -0.25) is 4.79 Å². The van der Waals surface area contributed by atoms with Crippen LogP contribution in [0.25, 0.3) is 0 Å². The minimum absolute atomic E-state index is 0.145. The number of sulfonamides is 1. The van der Waals surface area contributed by atoms with E-state index >= 15 is 0 Å². The zero-order valence-corrected chi connectivity index (χ0v) is 18.8. The normalized spacial score (nSPS) is 14.7. The van der Waals surface area contributed by atoms with Gasteiger partial charge in [0, 0.05) is 36.6 Å². The van der Waals surface area contributed by atoms with Crippen LogP contribution in [0, 0.1) is 11.3 Å². The van der Waals surface area contributed by atoms with E-state index in [1.807, 2.05) is 29.6 Å². The monoisotopic (exact) mass is 467 g/mol. The predicted octanol–water partition coefficient (Wildman–Crippen LogP) is 3.35. The quantitative estimate of drug-likeness (QED) is 0.555. The zero-order valence-electron chi connectivity index (χ0n) is 17.2. The van der Waals surface area contributed by atoms with Crippen LogP contribution in [0.3, 0.4) is 0 Å². The molecule has 1 aromatic heterocycles. The second kappa shape index (κ2) is 9.53. The van der Waals surface area contributed by atoms with Gasteiger partial charge in [0.05, 0.1) is 16.5 Å². The van der Waals surface area contributed by atoms with Gasteiger partial charge in [0.2, 0.25) is 10.0 Å². The van der Waals surface area contributed by atoms with E-state index in [-0.39, 0.29) is 23.9 Å². The van der Waals surface area contributed by atoms with Crippen LogP contribution >= 0.6 is 11.3 Å². The summed E-state index contributed by atoms with van der Waals surface area (Å²) in [6.45, 7) is 1.47. The molecule has 2 aromatic carbocycles. The molecule has 3 aromatic rings. The number of carbonyl (C=O) groups excluding carboxylic acids is 1. The van der Waals surface area contributed by atoms with Crippen molar-refractivity contribution in [2.75, 3.05) is 26.2 Å². The van der Waals surface area contributed by atoms with Gasteiger partial charge in [0.1, 0.15) is 12.4 Å². The maximum atomic E-state index is 13.0. The Morgan fingerprint density at radius 1 is 1.03 bits per heavy atom. The van der Waals surface area contributed by atoms with E-state index < -0.39 is 10.0 Å². The molecule has 0 aliphatic carbocycles. The van der Waals surface area contributed by atoms with E-state index in [0.717, 1.165) is 4.88 Å². The molecule has 164 valence electrons. The molecule has 2 heterocycles. The summed E-state index contributed by atoms with van der Waals surface area (Å²) < 4.78 is 32.9. The first-order chi connectivity index (χ1) is 15.5. The molecular formula is C23H21N3O4S2. The number of ether oxygens (including phenoxy) is 1. The lowest BCUT2D eigenvalue weighted by Crippen LogP contribution is -2.50. The van der Waals surface area contributed by atoms with Crippen molar-refractivity contribution in [3.05, 3.63) is 82.0 Å². The van der Waals surface area contributed by atoms with Gasteiger partial charge in [0.25, 0.3) is 5.91 Å². The number of thiophene rings is 1. The lowest BCUT2D eigenvalue weighted by atomic mass is 10.1. The molecule has 1 saturated heterocycles. The summed E-state index contributed by atoms with van der Waals surface area (Å²) in [4.78, 5) is 15.9. The van der Waals surface area contributed by atoms with E-state index in [9.17, 15) is 13.2 Å². The van der Waals surface area contributed by atoms with Crippen LogP contribution in [0.1, 0.15) is 20.8 Å². The minimum atomic E-state index is -3.67. The Bertz CT molecular complexity index is 1230. The Kier molecular flexibility index (Phi) is 6.55. The maximum absolute atomic E-state index is 13.0. The van der Waals surface area contributed by atoms with Crippen LogP contribution in [0.4, 0.5) is 0 Å². The molecule has 4 rings (SSSR count). The number of piperazine rings is 1. The third-order valence-corrected chi connectivity index (χ3v) is 7.95. The third-order valence-electron chi connectivity index (χ3n) is 5.19. The second-order valence-corrected chi connectivity index (χ2v) is 10.2. The van der Waals surface area contributed by atoms with Crippen molar-refractivity contribution >= 4 is 27.3 Å². The molecule has 32 heavy (non-hydrogen) atoms. The number of carbonyl (C=O) groups is 1. The first-order valence-corrected chi connectivity index (χ1v) is 12.3. The van der Waals surface area contributed by atoms with Crippen molar-refractivity contribution in [3.8, 4) is 11.8 Å². The van der Waals surface area contributed by atoms with Crippen LogP contribution in [0.2, 0.25) is 0 Å². The highest BCUT2D eigenvalue weighted by Gasteiger charge is 2.30. The Balaban J connectivity index is 1.38. The molecule has 0 radical (unpaired) electrons. The lowest BCUT2D eigenvalue weighted by molar-refractivity contribution is 0.0697. The molecule has 0 saturated carbocycles. The molecule has 7 nitrogen and oxygen atoms in total. The van der Waals surface area contributed by atoms with Gasteiger partial charge < -0.3 is 9.64 Å². The Hall–Kier alpha value is -3.19. The summed E-state index contributed by atoms with van der Waals surface area (Å²) in [5.74, 6) is 0.466. The average Bonchev–Trinajstić information content (AvgIpc) is 3.36. The number of hydrogen-bond acceptors (Lipinski definition) is 6. The van der Waals surface area contributed by atoms with Crippen molar-refractivity contribution in [1.29, 1.82) is 5.26 Å². The first-order valence-electron chi connectivity index (χ1n) is 10.0. The molecule has 1 amide bonds. The molecular weight excluding hydrogens is 446 g/mol. The molecule has 0 atom stereocenters. The fourth-order valence-electron chi connectivity index (χ4n) is 3.43. The smallest absolute Gasteiger partial charge is 0.254 e. The largest absolute Gasteiger partial charge is 0.488 e. The number of hydrogen-bond donors (Lipinski definition) is 0. The van der Waals surface area contributed by atoms with Crippen LogP contribution in [-0.2, 0) is 16.6 Å². The topological polar surface area (TPSA) is 90.7 Å². The van der Waals surface area contributed by atoms with E-state index in [1.54, 1.807) is 34.4 Å². The van der Waals surface area contributed by atoms with E-state index in [0.29, 0.717) is 36.6 Å². The summed E-state index contributed by atoms with van der Waals surface area (Å²) in [7, 11) is -3.67. The molecule has 0 spiro atoms. The highest BCUT2D eigenvalue weighted by Crippen LogP contribution is 2.21. The van der Waals surface area contributed by atoms with Crippen LogP contribution in [-0.4, -0.2) is 49.7 Å². The van der Waals surface area contributed by atoms with Crippen molar-refractivity contribution in [2.45, 2.75) is 11.5 Å². The Morgan fingerprint density at radius 2 is 1.78 bits per heavy atom. The molecule has 0 bridgehead atoms. The van der Waals surface area contributed by atoms with Crippen molar-refractivity contribution in [2.24, 2.45) is 0 Å². The van der Waals surface area contributed by atoms with Gasteiger partial charge in [-0.25, -0.2) is 8.42 Å². The number of nitriles is 1. The number of amides is 1. The summed E-state index contributed by atoms with van der Waals surface area (Å²) in [6, 6.07) is 18.8. The molecule has 1 aliphatic heterocycles. The molecule has 1 aliphatic rings. The molecule has 1 fully saturated rings. The zero-order chi connectivity index (χ0) is 22.6. The summed E-state index contributed by atoms with van der Waals surface area (Å²) in [5, 5.41) is 10.9. The lowest BCUT2D eigenvalue weighted by Gasteiger charge is -2.34. The maximum Gasteiger partial charge on any atom is 0.254 e. The van der Waals surface area contributed by atoms with Gasteiger partial charge in [0.15, 0.2) is 0 Å². The van der Waals surface area contributed by atoms with Crippen LogP contribution < -0.4 is 4.74 Å². The van der Waals surface area contributed by atoms with Crippen LogP contribution in [0.15, 0.2) is 70.9 Å². The third kappa shape index (κ3) is 4.83. The average molecular weight is 468 g/mol. The van der Waals surface area contributed by atoms with Gasteiger partial charge in [-0.2, -0.15) is 9.57 Å². The Labute approximate surface area is 191 Å².